The minimum absolute atomic E-state index is 0.134. The number of nitrogens with zero attached hydrogens (tertiary/aromatic N) is 3. The molecule has 0 bridgehead atoms. The monoisotopic (exact) mass is 370 g/mol. The smallest absolute Gasteiger partial charge is 0.171 e. The molecule has 0 amide bonds. The van der Waals surface area contributed by atoms with Crippen molar-refractivity contribution in [1.29, 1.82) is 0 Å². The van der Waals surface area contributed by atoms with Gasteiger partial charge in [-0.3, -0.25) is 4.98 Å². The molecule has 5 nitrogen and oxygen atoms in total. The van der Waals surface area contributed by atoms with Gasteiger partial charge < -0.3 is 10.1 Å². The van der Waals surface area contributed by atoms with Crippen molar-refractivity contribution in [1.82, 2.24) is 20.2 Å². The Bertz CT molecular complexity index is 1030. The standard InChI is InChI=1S/C18H12F2N4OS/c19-13-3-1-2-11(15(13)20)16(25)12-8-14(10-4-6-21-7-5-10)26-17(12)18-22-9-23-24-18/h1-9,16,25H,(H,22,23,24). The molecule has 130 valence electrons. The van der Waals surface area contributed by atoms with Gasteiger partial charge in [0.05, 0.1) is 4.88 Å². The zero-order chi connectivity index (χ0) is 18.1. The molecular formula is C18H12F2N4OS. The Morgan fingerprint density at radius 2 is 1.88 bits per heavy atom. The van der Waals surface area contributed by atoms with Crippen LogP contribution in [0, 0.1) is 11.6 Å². The van der Waals surface area contributed by atoms with Gasteiger partial charge >= 0.3 is 0 Å². The Morgan fingerprint density at radius 1 is 1.08 bits per heavy atom. The number of nitrogens with one attached hydrogen (secondary N) is 1. The highest BCUT2D eigenvalue weighted by Gasteiger charge is 2.24. The number of benzene rings is 1. The number of aromatic amines is 1. The van der Waals surface area contributed by atoms with Crippen molar-refractivity contribution in [3.63, 3.8) is 0 Å². The Kier molecular flexibility index (Phi) is 4.27. The highest BCUT2D eigenvalue weighted by atomic mass is 32.1. The summed E-state index contributed by atoms with van der Waals surface area (Å²) >= 11 is 1.37. The lowest BCUT2D eigenvalue weighted by Gasteiger charge is -2.12. The Labute approximate surface area is 151 Å². The molecule has 3 heterocycles. The predicted molar refractivity (Wildman–Crippen MR) is 93.3 cm³/mol. The van der Waals surface area contributed by atoms with Gasteiger partial charge in [0.1, 0.15) is 12.4 Å². The van der Waals surface area contributed by atoms with E-state index in [0.29, 0.717) is 16.3 Å². The van der Waals surface area contributed by atoms with Crippen molar-refractivity contribution < 1.29 is 13.9 Å². The summed E-state index contributed by atoms with van der Waals surface area (Å²) in [6, 6.07) is 9.13. The number of pyridine rings is 1. The summed E-state index contributed by atoms with van der Waals surface area (Å²) in [5.41, 5.74) is 1.18. The Balaban J connectivity index is 1.87. The summed E-state index contributed by atoms with van der Waals surface area (Å²) in [5.74, 6) is -1.63. The zero-order valence-electron chi connectivity index (χ0n) is 13.2. The molecule has 0 aliphatic heterocycles. The molecule has 1 aromatic carbocycles. The van der Waals surface area contributed by atoms with Gasteiger partial charge in [0, 0.05) is 28.4 Å². The Morgan fingerprint density at radius 3 is 2.62 bits per heavy atom. The summed E-state index contributed by atoms with van der Waals surface area (Å²) in [6.07, 6.45) is 3.38. The number of hydrogen-bond donors (Lipinski definition) is 2. The van der Waals surface area contributed by atoms with E-state index < -0.39 is 17.7 Å². The van der Waals surface area contributed by atoms with Crippen LogP contribution in [0.4, 0.5) is 8.78 Å². The molecule has 8 heteroatoms. The van der Waals surface area contributed by atoms with E-state index >= 15 is 0 Å². The van der Waals surface area contributed by atoms with Gasteiger partial charge in [-0.15, -0.1) is 21.5 Å². The fourth-order valence-corrected chi connectivity index (χ4v) is 3.81. The first-order chi connectivity index (χ1) is 12.6. The van der Waals surface area contributed by atoms with Crippen LogP contribution in [0.3, 0.4) is 0 Å². The molecule has 3 aromatic heterocycles. The Hall–Kier alpha value is -2.97. The maximum atomic E-state index is 14.2. The predicted octanol–water partition coefficient (Wildman–Crippen LogP) is 3.96. The topological polar surface area (TPSA) is 74.7 Å². The third kappa shape index (κ3) is 2.89. The van der Waals surface area contributed by atoms with Crippen LogP contribution in [0.2, 0.25) is 0 Å². The van der Waals surface area contributed by atoms with E-state index in [1.807, 2.05) is 12.1 Å². The van der Waals surface area contributed by atoms with Crippen LogP contribution in [-0.2, 0) is 0 Å². The lowest BCUT2D eigenvalue weighted by Crippen LogP contribution is -2.04. The van der Waals surface area contributed by atoms with Crippen LogP contribution in [0.25, 0.3) is 21.1 Å². The SMILES string of the molecule is OC(c1cc(-c2ccncc2)sc1-c1nnc[nH]1)c1cccc(F)c1F. The normalized spacial score (nSPS) is 12.3. The van der Waals surface area contributed by atoms with Crippen LogP contribution in [0.15, 0.2) is 55.1 Å². The van der Waals surface area contributed by atoms with Crippen molar-refractivity contribution in [3.8, 4) is 21.1 Å². The highest BCUT2D eigenvalue weighted by Crippen LogP contribution is 2.41. The molecule has 26 heavy (non-hydrogen) atoms. The van der Waals surface area contributed by atoms with Gasteiger partial charge in [-0.05, 0) is 29.8 Å². The lowest BCUT2D eigenvalue weighted by molar-refractivity contribution is 0.214. The van der Waals surface area contributed by atoms with Crippen LogP contribution in [0.5, 0.6) is 0 Å². The van der Waals surface area contributed by atoms with E-state index in [9.17, 15) is 13.9 Å². The molecule has 0 fully saturated rings. The molecule has 2 N–H and O–H groups in total. The number of aliphatic hydroxyl groups is 1. The summed E-state index contributed by atoms with van der Waals surface area (Å²) in [6.45, 7) is 0. The molecule has 0 aliphatic carbocycles. The third-order valence-corrected chi connectivity index (χ3v) is 5.13. The zero-order valence-corrected chi connectivity index (χ0v) is 14.0. The first kappa shape index (κ1) is 16.5. The van der Waals surface area contributed by atoms with E-state index in [2.05, 4.69) is 20.2 Å². The maximum Gasteiger partial charge on any atom is 0.171 e. The number of thiophene rings is 1. The van der Waals surface area contributed by atoms with Gasteiger partial charge in [-0.1, -0.05) is 12.1 Å². The molecule has 0 saturated heterocycles. The number of aliphatic hydroxyl groups excluding tert-OH is 1. The highest BCUT2D eigenvalue weighted by molar-refractivity contribution is 7.19. The number of aromatic nitrogens is 4. The molecule has 1 atom stereocenters. The van der Waals surface area contributed by atoms with Gasteiger partial charge in [-0.25, -0.2) is 8.78 Å². The van der Waals surface area contributed by atoms with Gasteiger partial charge in [-0.2, -0.15) is 0 Å². The summed E-state index contributed by atoms with van der Waals surface area (Å²) in [4.78, 5) is 8.32. The average molecular weight is 370 g/mol. The van der Waals surface area contributed by atoms with Gasteiger partial charge in [0.25, 0.3) is 0 Å². The second-order valence-electron chi connectivity index (χ2n) is 5.51. The van der Waals surface area contributed by atoms with Crippen LogP contribution in [0.1, 0.15) is 17.2 Å². The van der Waals surface area contributed by atoms with E-state index in [1.165, 1.54) is 29.8 Å². The second-order valence-corrected chi connectivity index (χ2v) is 6.57. The number of H-pyrrole nitrogens is 1. The molecule has 0 spiro atoms. The molecule has 0 saturated carbocycles. The van der Waals surface area contributed by atoms with E-state index in [0.717, 1.165) is 16.5 Å². The molecule has 0 radical (unpaired) electrons. The quantitative estimate of drug-likeness (QED) is 0.570. The van der Waals surface area contributed by atoms with Gasteiger partial charge in [0.15, 0.2) is 17.5 Å². The van der Waals surface area contributed by atoms with Gasteiger partial charge in [0.2, 0.25) is 0 Å². The first-order valence-corrected chi connectivity index (χ1v) is 8.49. The van der Waals surface area contributed by atoms with Crippen molar-refractivity contribution in [2.24, 2.45) is 0 Å². The first-order valence-electron chi connectivity index (χ1n) is 7.67. The fourth-order valence-electron chi connectivity index (χ4n) is 2.67. The second kappa shape index (κ2) is 6.74. The number of halogens is 2. The van der Waals surface area contributed by atoms with Crippen LogP contribution >= 0.6 is 11.3 Å². The number of hydrogen-bond acceptors (Lipinski definition) is 5. The van der Waals surface area contributed by atoms with Crippen molar-refractivity contribution >= 4 is 11.3 Å². The third-order valence-electron chi connectivity index (χ3n) is 3.93. The van der Waals surface area contributed by atoms with Crippen molar-refractivity contribution in [3.05, 3.63) is 77.9 Å². The molecule has 4 aromatic rings. The summed E-state index contributed by atoms with van der Waals surface area (Å²) in [5, 5.41) is 18.5. The largest absolute Gasteiger partial charge is 0.383 e. The van der Waals surface area contributed by atoms with E-state index in [4.69, 9.17) is 0 Å². The van der Waals surface area contributed by atoms with E-state index in [-0.39, 0.29) is 5.56 Å². The molecular weight excluding hydrogens is 358 g/mol. The van der Waals surface area contributed by atoms with Crippen LogP contribution in [-0.4, -0.2) is 25.3 Å². The fraction of sp³-hybridized carbons (Fsp3) is 0.0556. The van der Waals surface area contributed by atoms with Crippen molar-refractivity contribution in [2.75, 3.05) is 0 Å². The maximum absolute atomic E-state index is 14.2. The molecule has 0 aliphatic rings. The summed E-state index contributed by atoms with van der Waals surface area (Å²) in [7, 11) is 0. The molecule has 1 unspecified atom stereocenters. The van der Waals surface area contributed by atoms with Crippen molar-refractivity contribution in [2.45, 2.75) is 6.10 Å². The van der Waals surface area contributed by atoms with Crippen LogP contribution < -0.4 is 0 Å². The average Bonchev–Trinajstić information content (AvgIpc) is 3.33. The number of rotatable bonds is 4. The van der Waals surface area contributed by atoms with E-state index in [1.54, 1.807) is 18.5 Å². The lowest BCUT2D eigenvalue weighted by atomic mass is 10.00. The summed E-state index contributed by atoms with van der Waals surface area (Å²) < 4.78 is 27.7. The molecule has 4 rings (SSSR count). The minimum atomic E-state index is -1.35. The minimum Gasteiger partial charge on any atom is -0.383 e.